The van der Waals surface area contributed by atoms with Crippen molar-refractivity contribution in [3.63, 3.8) is 0 Å². The summed E-state index contributed by atoms with van der Waals surface area (Å²) in [6.45, 7) is 0. The van der Waals surface area contributed by atoms with E-state index in [0.717, 1.165) is 6.07 Å². The second-order valence-electron chi connectivity index (χ2n) is 6.15. The van der Waals surface area contributed by atoms with Gasteiger partial charge in [0.1, 0.15) is 10.1 Å². The number of nitrogens with zero attached hydrogens (tertiary/aromatic N) is 1. The Morgan fingerprint density at radius 2 is 1.75 bits per heavy atom. The fourth-order valence-electron chi connectivity index (χ4n) is 3.18. The SMILES string of the molecule is O=C(O)c1cc(-c2ccccc2[O-])nc2ccc3cc(S(=O)(=O)[O-])ccc3c12. The van der Waals surface area contributed by atoms with Crippen molar-refractivity contribution in [3.05, 3.63) is 66.2 Å². The Bertz CT molecular complexity index is 1380. The van der Waals surface area contributed by atoms with Gasteiger partial charge in [-0.15, -0.1) is 0 Å². The largest absolute Gasteiger partial charge is 0.872 e. The number of rotatable bonds is 3. The van der Waals surface area contributed by atoms with E-state index in [-0.39, 0.29) is 22.6 Å². The average Bonchev–Trinajstić information content (AvgIpc) is 2.66. The number of carboxylic acids is 1. The molecular formula is C20H11NO6S-2. The highest BCUT2D eigenvalue weighted by Crippen LogP contribution is 2.33. The quantitative estimate of drug-likeness (QED) is 0.418. The Morgan fingerprint density at radius 3 is 2.43 bits per heavy atom. The summed E-state index contributed by atoms with van der Waals surface area (Å²) in [6, 6.07) is 14.3. The molecule has 7 nitrogen and oxygen atoms in total. The van der Waals surface area contributed by atoms with Gasteiger partial charge in [0.15, 0.2) is 0 Å². The van der Waals surface area contributed by atoms with Crippen LogP contribution >= 0.6 is 0 Å². The normalized spacial score (nSPS) is 11.8. The lowest BCUT2D eigenvalue weighted by Crippen LogP contribution is -2.03. The minimum atomic E-state index is -4.64. The molecule has 0 aliphatic heterocycles. The van der Waals surface area contributed by atoms with Crippen molar-refractivity contribution in [1.29, 1.82) is 0 Å². The van der Waals surface area contributed by atoms with E-state index < -0.39 is 21.0 Å². The van der Waals surface area contributed by atoms with Crippen LogP contribution in [0.25, 0.3) is 32.9 Å². The molecule has 1 heterocycles. The van der Waals surface area contributed by atoms with Gasteiger partial charge in [0.25, 0.3) is 0 Å². The molecule has 0 fully saturated rings. The van der Waals surface area contributed by atoms with E-state index in [1.807, 2.05) is 0 Å². The predicted octanol–water partition coefficient (Wildman–Crippen LogP) is 2.73. The van der Waals surface area contributed by atoms with Gasteiger partial charge >= 0.3 is 5.97 Å². The Morgan fingerprint density at radius 1 is 1.00 bits per heavy atom. The topological polar surface area (TPSA) is 130 Å². The highest BCUT2D eigenvalue weighted by Gasteiger charge is 2.16. The van der Waals surface area contributed by atoms with Gasteiger partial charge in [-0.05, 0) is 40.6 Å². The summed E-state index contributed by atoms with van der Waals surface area (Å²) >= 11 is 0. The first-order valence-electron chi connectivity index (χ1n) is 8.09. The van der Waals surface area contributed by atoms with Crippen LogP contribution in [0.15, 0.2) is 65.6 Å². The number of pyridine rings is 1. The number of carboxylic acid groups (broad SMARTS) is 1. The third kappa shape index (κ3) is 2.94. The number of aromatic nitrogens is 1. The second-order valence-corrected chi connectivity index (χ2v) is 7.53. The molecule has 1 aromatic heterocycles. The van der Waals surface area contributed by atoms with Crippen molar-refractivity contribution in [2.24, 2.45) is 0 Å². The molecule has 0 saturated heterocycles. The molecule has 0 unspecified atom stereocenters. The van der Waals surface area contributed by atoms with E-state index in [0.29, 0.717) is 21.7 Å². The molecule has 140 valence electrons. The lowest BCUT2D eigenvalue weighted by Gasteiger charge is -2.15. The third-order valence-electron chi connectivity index (χ3n) is 4.44. The zero-order chi connectivity index (χ0) is 20.1. The summed E-state index contributed by atoms with van der Waals surface area (Å²) < 4.78 is 33.8. The second kappa shape index (κ2) is 6.29. The van der Waals surface area contributed by atoms with Crippen molar-refractivity contribution in [2.45, 2.75) is 4.90 Å². The zero-order valence-electron chi connectivity index (χ0n) is 14.1. The van der Waals surface area contributed by atoms with Crippen LogP contribution in [0.3, 0.4) is 0 Å². The van der Waals surface area contributed by atoms with Crippen LogP contribution < -0.4 is 5.11 Å². The predicted molar refractivity (Wildman–Crippen MR) is 99.1 cm³/mol. The van der Waals surface area contributed by atoms with Gasteiger partial charge in [-0.2, -0.15) is 0 Å². The Labute approximate surface area is 159 Å². The van der Waals surface area contributed by atoms with Gasteiger partial charge in [0.05, 0.1) is 21.7 Å². The van der Waals surface area contributed by atoms with E-state index >= 15 is 0 Å². The van der Waals surface area contributed by atoms with Crippen molar-refractivity contribution in [2.75, 3.05) is 0 Å². The van der Waals surface area contributed by atoms with Crippen LogP contribution in [-0.4, -0.2) is 29.0 Å². The molecule has 4 rings (SSSR count). The highest BCUT2D eigenvalue weighted by molar-refractivity contribution is 7.85. The van der Waals surface area contributed by atoms with Crippen LogP contribution in [0.2, 0.25) is 0 Å². The number of benzene rings is 3. The van der Waals surface area contributed by atoms with Gasteiger partial charge < -0.3 is 14.8 Å². The molecule has 3 aromatic carbocycles. The minimum absolute atomic E-state index is 0.0772. The fourth-order valence-corrected chi connectivity index (χ4v) is 3.69. The van der Waals surface area contributed by atoms with E-state index in [1.54, 1.807) is 24.3 Å². The number of fused-ring (bicyclic) bond motifs is 3. The van der Waals surface area contributed by atoms with Crippen molar-refractivity contribution in [3.8, 4) is 17.0 Å². The zero-order valence-corrected chi connectivity index (χ0v) is 14.9. The summed E-state index contributed by atoms with van der Waals surface area (Å²) in [4.78, 5) is 15.9. The van der Waals surface area contributed by atoms with E-state index in [1.165, 1.54) is 30.3 Å². The van der Waals surface area contributed by atoms with Gasteiger partial charge in [-0.1, -0.05) is 42.1 Å². The number of para-hydroxylation sites is 1. The summed E-state index contributed by atoms with van der Waals surface area (Å²) in [7, 11) is -4.64. The fraction of sp³-hybridized carbons (Fsp3) is 0. The standard InChI is InChI=1S/C20H13NO6S/c22-18-4-2-1-3-14(18)17-10-15(20(23)24)19-13-7-6-12(28(25,26)27)9-11(13)5-8-16(19)21-17/h1-10,22H,(H,23,24)(H,25,26,27)/p-2. The highest BCUT2D eigenvalue weighted by atomic mass is 32.2. The molecule has 0 aliphatic carbocycles. The Balaban J connectivity index is 2.08. The lowest BCUT2D eigenvalue weighted by atomic mass is 9.98. The van der Waals surface area contributed by atoms with Crippen LogP contribution in [-0.2, 0) is 10.1 Å². The van der Waals surface area contributed by atoms with Gasteiger partial charge in [-0.3, -0.25) is 0 Å². The average molecular weight is 393 g/mol. The molecule has 0 radical (unpaired) electrons. The summed E-state index contributed by atoms with van der Waals surface area (Å²) in [5.74, 6) is -1.50. The van der Waals surface area contributed by atoms with E-state index in [4.69, 9.17) is 0 Å². The molecule has 28 heavy (non-hydrogen) atoms. The van der Waals surface area contributed by atoms with Crippen molar-refractivity contribution in [1.82, 2.24) is 4.98 Å². The maximum Gasteiger partial charge on any atom is 0.336 e. The third-order valence-corrected chi connectivity index (χ3v) is 5.27. The first-order valence-corrected chi connectivity index (χ1v) is 9.49. The number of hydrogen-bond donors (Lipinski definition) is 1. The molecule has 0 bridgehead atoms. The number of aromatic carboxylic acids is 1. The molecule has 4 aromatic rings. The molecule has 0 aliphatic rings. The molecule has 0 atom stereocenters. The maximum atomic E-state index is 12.1. The van der Waals surface area contributed by atoms with Gasteiger partial charge in [0.2, 0.25) is 0 Å². The van der Waals surface area contributed by atoms with Crippen LogP contribution in [0.4, 0.5) is 0 Å². The first kappa shape index (κ1) is 17.9. The maximum absolute atomic E-state index is 12.1. The van der Waals surface area contributed by atoms with Crippen molar-refractivity contribution >= 4 is 37.8 Å². The smallest absolute Gasteiger partial charge is 0.336 e. The molecular weight excluding hydrogens is 382 g/mol. The summed E-state index contributed by atoms with van der Waals surface area (Å²) in [5, 5.41) is 23.0. The summed E-state index contributed by atoms with van der Waals surface area (Å²) in [5.41, 5.74) is 0.767. The Hall–Kier alpha value is -3.49. The number of hydrogen-bond acceptors (Lipinski definition) is 6. The number of carbonyl (C=O) groups is 1. The molecule has 0 saturated carbocycles. The molecule has 0 spiro atoms. The first-order chi connectivity index (χ1) is 13.3. The van der Waals surface area contributed by atoms with Crippen LogP contribution in [0, 0.1) is 0 Å². The van der Waals surface area contributed by atoms with Gasteiger partial charge in [0, 0.05) is 5.39 Å². The summed E-state index contributed by atoms with van der Waals surface area (Å²) in [6.07, 6.45) is 0. The monoisotopic (exact) mass is 393 g/mol. The Kier molecular flexibility index (Phi) is 4.02. The van der Waals surface area contributed by atoms with Crippen LogP contribution in [0.5, 0.6) is 5.75 Å². The van der Waals surface area contributed by atoms with E-state index in [2.05, 4.69) is 4.98 Å². The van der Waals surface area contributed by atoms with E-state index in [9.17, 15) is 28.0 Å². The minimum Gasteiger partial charge on any atom is -0.872 e. The molecule has 0 amide bonds. The van der Waals surface area contributed by atoms with Crippen molar-refractivity contribution < 1.29 is 28.0 Å². The van der Waals surface area contributed by atoms with Gasteiger partial charge in [-0.25, -0.2) is 18.2 Å². The lowest BCUT2D eigenvalue weighted by molar-refractivity contribution is -0.267. The molecule has 1 N–H and O–H groups in total. The molecule has 8 heteroatoms. The van der Waals surface area contributed by atoms with Crippen LogP contribution in [0.1, 0.15) is 10.4 Å².